The molecule has 0 bridgehead atoms. The predicted octanol–water partition coefficient (Wildman–Crippen LogP) is 4.60. The molecule has 1 N–H and O–H groups in total. The van der Waals surface area contributed by atoms with Gasteiger partial charge in [-0.05, 0) is 43.5 Å². The van der Waals surface area contributed by atoms with Crippen molar-refractivity contribution in [3.05, 3.63) is 33.8 Å². The Hall–Kier alpha value is -0.280. The quantitative estimate of drug-likeness (QED) is 0.775. The molecule has 19 heavy (non-hydrogen) atoms. The van der Waals surface area contributed by atoms with Crippen LogP contribution in [0.3, 0.4) is 0 Å². The van der Waals surface area contributed by atoms with Gasteiger partial charge in [0.15, 0.2) is 0 Å². The van der Waals surface area contributed by atoms with E-state index in [1.807, 2.05) is 18.2 Å². The number of halogens is 2. The number of benzene rings is 1. The van der Waals surface area contributed by atoms with Crippen LogP contribution in [-0.2, 0) is 4.74 Å². The van der Waals surface area contributed by atoms with Crippen LogP contribution in [-0.4, -0.2) is 19.3 Å². The Morgan fingerprint density at radius 3 is 2.79 bits per heavy atom. The lowest BCUT2D eigenvalue weighted by molar-refractivity contribution is 0.0593. The molecular formula is C15H21Cl2NO. The van der Waals surface area contributed by atoms with Crippen molar-refractivity contribution in [2.75, 3.05) is 13.2 Å². The molecule has 0 spiro atoms. The lowest BCUT2D eigenvalue weighted by Gasteiger charge is -2.17. The fraction of sp³-hybridized carbons (Fsp3) is 0.600. The first-order valence-electron chi connectivity index (χ1n) is 6.97. The van der Waals surface area contributed by atoms with Crippen molar-refractivity contribution in [1.82, 2.24) is 5.32 Å². The Bertz CT molecular complexity index is 405. The highest BCUT2D eigenvalue weighted by Gasteiger charge is 2.15. The van der Waals surface area contributed by atoms with Gasteiger partial charge in [0, 0.05) is 22.6 Å². The molecule has 106 valence electrons. The summed E-state index contributed by atoms with van der Waals surface area (Å²) in [6, 6.07) is 5.74. The molecule has 1 aliphatic rings. The van der Waals surface area contributed by atoms with Gasteiger partial charge in [-0.1, -0.05) is 36.0 Å². The van der Waals surface area contributed by atoms with Crippen molar-refractivity contribution in [2.45, 2.75) is 44.8 Å². The Morgan fingerprint density at radius 2 is 2.05 bits per heavy atom. The van der Waals surface area contributed by atoms with Crippen molar-refractivity contribution in [3.63, 3.8) is 0 Å². The van der Waals surface area contributed by atoms with Crippen LogP contribution in [0.15, 0.2) is 18.2 Å². The summed E-state index contributed by atoms with van der Waals surface area (Å²) in [6.07, 6.45) is 5.54. The molecule has 2 nitrogen and oxygen atoms in total. The van der Waals surface area contributed by atoms with Gasteiger partial charge >= 0.3 is 0 Å². The largest absolute Gasteiger partial charge is 0.377 e. The van der Waals surface area contributed by atoms with Gasteiger partial charge in [0.25, 0.3) is 0 Å². The third-order valence-corrected chi connectivity index (χ3v) is 4.21. The van der Waals surface area contributed by atoms with Gasteiger partial charge < -0.3 is 10.1 Å². The molecule has 0 heterocycles. The van der Waals surface area contributed by atoms with Gasteiger partial charge in [-0.3, -0.25) is 0 Å². The van der Waals surface area contributed by atoms with E-state index < -0.39 is 0 Å². The van der Waals surface area contributed by atoms with Crippen LogP contribution >= 0.6 is 23.2 Å². The molecule has 1 saturated carbocycles. The van der Waals surface area contributed by atoms with Crippen molar-refractivity contribution >= 4 is 23.2 Å². The lowest BCUT2D eigenvalue weighted by Crippen LogP contribution is -2.25. The summed E-state index contributed by atoms with van der Waals surface area (Å²) in [5, 5.41) is 4.89. The average molecular weight is 302 g/mol. The Balaban J connectivity index is 1.74. The molecule has 0 saturated heterocycles. The first-order chi connectivity index (χ1) is 9.16. The van der Waals surface area contributed by atoms with Crippen LogP contribution in [0, 0.1) is 0 Å². The second-order valence-corrected chi connectivity index (χ2v) is 5.96. The van der Waals surface area contributed by atoms with Crippen LogP contribution in [0.2, 0.25) is 10.0 Å². The average Bonchev–Trinajstić information content (AvgIpc) is 2.90. The maximum Gasteiger partial charge on any atom is 0.0594 e. The first kappa shape index (κ1) is 15.1. The minimum Gasteiger partial charge on any atom is -0.377 e. The van der Waals surface area contributed by atoms with Crippen LogP contribution in [0.4, 0.5) is 0 Å². The van der Waals surface area contributed by atoms with Gasteiger partial charge in [0.05, 0.1) is 12.7 Å². The summed E-state index contributed by atoms with van der Waals surface area (Å²) < 4.78 is 5.82. The second kappa shape index (κ2) is 7.49. The molecular weight excluding hydrogens is 281 g/mol. The zero-order valence-corrected chi connectivity index (χ0v) is 12.8. The molecule has 0 radical (unpaired) electrons. The molecule has 1 aliphatic carbocycles. The minimum atomic E-state index is 0.179. The smallest absolute Gasteiger partial charge is 0.0594 e. The fourth-order valence-electron chi connectivity index (χ4n) is 2.51. The van der Waals surface area contributed by atoms with Gasteiger partial charge in [0.2, 0.25) is 0 Å². The summed E-state index contributed by atoms with van der Waals surface area (Å²) in [5.74, 6) is 0. The van der Waals surface area contributed by atoms with Crippen molar-refractivity contribution in [1.29, 1.82) is 0 Å². The molecule has 0 amide bonds. The van der Waals surface area contributed by atoms with Gasteiger partial charge in [0.1, 0.15) is 0 Å². The number of hydrogen-bond acceptors (Lipinski definition) is 2. The van der Waals surface area contributed by atoms with E-state index in [0.29, 0.717) is 6.10 Å². The van der Waals surface area contributed by atoms with E-state index in [-0.39, 0.29) is 6.04 Å². The second-order valence-electron chi connectivity index (χ2n) is 5.12. The van der Waals surface area contributed by atoms with Crippen LogP contribution in [0.1, 0.15) is 44.2 Å². The monoisotopic (exact) mass is 301 g/mol. The number of ether oxygens (including phenoxy) is 1. The maximum atomic E-state index is 6.18. The molecule has 0 aliphatic heterocycles. The van der Waals surface area contributed by atoms with Crippen LogP contribution in [0.25, 0.3) is 0 Å². The molecule has 1 aromatic rings. The van der Waals surface area contributed by atoms with Crippen molar-refractivity contribution in [2.24, 2.45) is 0 Å². The van der Waals surface area contributed by atoms with E-state index in [0.717, 1.165) is 28.8 Å². The Kier molecular flexibility index (Phi) is 5.96. The van der Waals surface area contributed by atoms with E-state index in [1.54, 1.807) is 0 Å². The van der Waals surface area contributed by atoms with E-state index in [1.165, 1.54) is 25.7 Å². The van der Waals surface area contributed by atoms with E-state index in [2.05, 4.69) is 12.2 Å². The molecule has 2 rings (SSSR count). The summed E-state index contributed by atoms with van der Waals surface area (Å²) in [5.41, 5.74) is 1.04. The molecule has 1 aromatic carbocycles. The van der Waals surface area contributed by atoms with Gasteiger partial charge in [-0.15, -0.1) is 0 Å². The summed E-state index contributed by atoms with van der Waals surface area (Å²) in [4.78, 5) is 0. The highest BCUT2D eigenvalue weighted by molar-refractivity contribution is 6.33. The highest BCUT2D eigenvalue weighted by atomic mass is 35.5. The first-order valence-corrected chi connectivity index (χ1v) is 7.72. The molecule has 0 aromatic heterocycles. The number of nitrogens with one attached hydrogen (secondary N) is 1. The molecule has 1 atom stereocenters. The van der Waals surface area contributed by atoms with Crippen LogP contribution in [0.5, 0.6) is 0 Å². The lowest BCUT2D eigenvalue weighted by atomic mass is 10.1. The maximum absolute atomic E-state index is 6.18. The van der Waals surface area contributed by atoms with E-state index in [9.17, 15) is 0 Å². The topological polar surface area (TPSA) is 21.3 Å². The van der Waals surface area contributed by atoms with Crippen LogP contribution < -0.4 is 5.32 Å². The predicted molar refractivity (Wildman–Crippen MR) is 81.1 cm³/mol. The zero-order chi connectivity index (χ0) is 13.7. The SMILES string of the molecule is CC(NCCOC1CCCC1)c1cc(Cl)ccc1Cl. The zero-order valence-electron chi connectivity index (χ0n) is 11.3. The summed E-state index contributed by atoms with van der Waals surface area (Å²) in [6.45, 7) is 3.68. The van der Waals surface area contributed by atoms with Gasteiger partial charge in [-0.25, -0.2) is 0 Å². The normalized spacial score (nSPS) is 17.8. The summed E-state index contributed by atoms with van der Waals surface area (Å²) >= 11 is 12.2. The van der Waals surface area contributed by atoms with Crippen molar-refractivity contribution in [3.8, 4) is 0 Å². The standard InChI is InChI=1S/C15H21Cl2NO/c1-11(14-10-12(16)6-7-15(14)17)18-8-9-19-13-4-2-3-5-13/h6-7,10-11,13,18H,2-5,8-9H2,1H3. The molecule has 1 fully saturated rings. The van der Waals surface area contributed by atoms with Gasteiger partial charge in [-0.2, -0.15) is 0 Å². The van der Waals surface area contributed by atoms with E-state index >= 15 is 0 Å². The Labute approximate surface area is 125 Å². The minimum absolute atomic E-state index is 0.179. The Morgan fingerprint density at radius 1 is 1.32 bits per heavy atom. The highest BCUT2D eigenvalue weighted by Crippen LogP contribution is 2.26. The fourth-order valence-corrected chi connectivity index (χ4v) is 2.97. The third-order valence-electron chi connectivity index (χ3n) is 3.63. The number of hydrogen-bond donors (Lipinski definition) is 1. The van der Waals surface area contributed by atoms with Crippen molar-refractivity contribution < 1.29 is 4.74 Å². The van der Waals surface area contributed by atoms with E-state index in [4.69, 9.17) is 27.9 Å². The molecule has 1 unspecified atom stereocenters. The molecule has 4 heteroatoms. The summed E-state index contributed by atoms with van der Waals surface area (Å²) in [7, 11) is 0. The third kappa shape index (κ3) is 4.64. The number of rotatable bonds is 6.